The highest BCUT2D eigenvalue weighted by Crippen LogP contribution is 2.28. The number of hydrogen-bond donors (Lipinski definition) is 1. The summed E-state index contributed by atoms with van der Waals surface area (Å²) in [5.41, 5.74) is 1.87. The molecule has 0 fully saturated rings. The van der Waals surface area contributed by atoms with Crippen molar-refractivity contribution in [3.63, 3.8) is 0 Å². The fourth-order valence-corrected chi connectivity index (χ4v) is 2.02. The van der Waals surface area contributed by atoms with Crippen LogP contribution >= 0.6 is 0 Å². The summed E-state index contributed by atoms with van der Waals surface area (Å²) in [6, 6.07) is 6.97. The minimum Gasteiger partial charge on any atom is -0.496 e. The van der Waals surface area contributed by atoms with Gasteiger partial charge < -0.3 is 9.47 Å². The molecule has 1 aromatic heterocycles. The third kappa shape index (κ3) is 3.28. The maximum atomic E-state index is 12.4. The van der Waals surface area contributed by atoms with Crippen molar-refractivity contribution < 1.29 is 14.3 Å². The topological polar surface area (TPSA) is 73.3 Å². The standard InChI is InChI=1S/C15H17N3O3/c1-9-8-10(2)17-15(16-9)18-14(19)13-11(20-3)6-5-7-12(13)21-4/h5-8H,1-4H3,(H,16,17,18,19). The van der Waals surface area contributed by atoms with Crippen LogP contribution in [0.15, 0.2) is 24.3 Å². The summed E-state index contributed by atoms with van der Waals surface area (Å²) in [7, 11) is 3.00. The minimum absolute atomic E-state index is 0.255. The Balaban J connectivity index is 2.36. The van der Waals surface area contributed by atoms with E-state index < -0.39 is 0 Å². The van der Waals surface area contributed by atoms with E-state index in [0.29, 0.717) is 17.1 Å². The molecule has 1 N–H and O–H groups in total. The number of nitrogens with one attached hydrogen (secondary N) is 1. The molecule has 0 atom stereocenters. The van der Waals surface area contributed by atoms with Crippen molar-refractivity contribution in [1.29, 1.82) is 0 Å². The third-order valence-corrected chi connectivity index (χ3v) is 2.86. The second kappa shape index (κ2) is 6.21. The number of amides is 1. The van der Waals surface area contributed by atoms with E-state index in [2.05, 4.69) is 15.3 Å². The lowest BCUT2D eigenvalue weighted by atomic mass is 10.1. The number of ether oxygens (including phenoxy) is 2. The molecule has 6 heteroatoms. The van der Waals surface area contributed by atoms with Crippen LogP contribution in [0.3, 0.4) is 0 Å². The van der Waals surface area contributed by atoms with Gasteiger partial charge in [-0.3, -0.25) is 10.1 Å². The monoisotopic (exact) mass is 287 g/mol. The van der Waals surface area contributed by atoms with E-state index in [-0.39, 0.29) is 11.9 Å². The van der Waals surface area contributed by atoms with Crippen LogP contribution in [0, 0.1) is 13.8 Å². The number of aryl methyl sites for hydroxylation is 2. The minimum atomic E-state index is -0.380. The Morgan fingerprint density at radius 2 is 1.57 bits per heavy atom. The number of benzene rings is 1. The predicted molar refractivity (Wildman–Crippen MR) is 79.0 cm³/mol. The summed E-state index contributed by atoms with van der Waals surface area (Å²) in [6.07, 6.45) is 0. The van der Waals surface area contributed by atoms with E-state index in [1.807, 2.05) is 19.9 Å². The Morgan fingerprint density at radius 3 is 2.05 bits per heavy atom. The van der Waals surface area contributed by atoms with Crippen LogP contribution in [0.5, 0.6) is 11.5 Å². The smallest absolute Gasteiger partial charge is 0.265 e. The van der Waals surface area contributed by atoms with E-state index in [9.17, 15) is 4.79 Å². The Bertz CT molecular complexity index is 629. The van der Waals surface area contributed by atoms with Crippen molar-refractivity contribution in [3.8, 4) is 11.5 Å². The van der Waals surface area contributed by atoms with Gasteiger partial charge in [0, 0.05) is 11.4 Å². The molecule has 2 aromatic rings. The van der Waals surface area contributed by atoms with Crippen molar-refractivity contribution in [3.05, 3.63) is 41.2 Å². The first-order valence-electron chi connectivity index (χ1n) is 6.39. The van der Waals surface area contributed by atoms with Gasteiger partial charge in [0.1, 0.15) is 17.1 Å². The van der Waals surface area contributed by atoms with E-state index in [1.165, 1.54) is 14.2 Å². The zero-order chi connectivity index (χ0) is 15.4. The maximum Gasteiger partial charge on any atom is 0.265 e. The van der Waals surface area contributed by atoms with Crippen molar-refractivity contribution in [2.24, 2.45) is 0 Å². The van der Waals surface area contributed by atoms with Gasteiger partial charge in [0.25, 0.3) is 5.91 Å². The molecule has 21 heavy (non-hydrogen) atoms. The zero-order valence-corrected chi connectivity index (χ0v) is 12.4. The molecule has 0 radical (unpaired) electrons. The van der Waals surface area contributed by atoms with Crippen LogP contribution in [-0.4, -0.2) is 30.1 Å². The predicted octanol–water partition coefficient (Wildman–Crippen LogP) is 2.36. The van der Waals surface area contributed by atoms with E-state index in [0.717, 1.165) is 11.4 Å². The van der Waals surface area contributed by atoms with E-state index in [1.54, 1.807) is 18.2 Å². The first kappa shape index (κ1) is 14.8. The van der Waals surface area contributed by atoms with E-state index >= 15 is 0 Å². The number of hydrogen-bond acceptors (Lipinski definition) is 5. The molecule has 6 nitrogen and oxygen atoms in total. The Kier molecular flexibility index (Phi) is 4.37. The van der Waals surface area contributed by atoms with Crippen molar-refractivity contribution >= 4 is 11.9 Å². The highest BCUT2D eigenvalue weighted by Gasteiger charge is 2.19. The number of methoxy groups -OCH3 is 2. The Labute approximate surface area is 123 Å². The van der Waals surface area contributed by atoms with Crippen LogP contribution in [0.4, 0.5) is 5.95 Å². The molecule has 0 saturated carbocycles. The molecule has 1 aromatic carbocycles. The first-order valence-corrected chi connectivity index (χ1v) is 6.39. The summed E-state index contributed by atoms with van der Waals surface area (Å²) in [4.78, 5) is 20.8. The highest BCUT2D eigenvalue weighted by molar-refractivity contribution is 6.07. The summed E-state index contributed by atoms with van der Waals surface area (Å²) in [5, 5.41) is 2.67. The normalized spacial score (nSPS) is 10.1. The van der Waals surface area contributed by atoms with Gasteiger partial charge in [0.15, 0.2) is 0 Å². The van der Waals surface area contributed by atoms with Crippen LogP contribution in [-0.2, 0) is 0 Å². The van der Waals surface area contributed by atoms with Gasteiger partial charge in [0.2, 0.25) is 5.95 Å². The van der Waals surface area contributed by atoms with Crippen molar-refractivity contribution in [2.75, 3.05) is 19.5 Å². The van der Waals surface area contributed by atoms with Gasteiger partial charge in [-0.1, -0.05) is 6.07 Å². The lowest BCUT2D eigenvalue weighted by Crippen LogP contribution is -2.17. The van der Waals surface area contributed by atoms with Gasteiger partial charge in [-0.05, 0) is 32.0 Å². The van der Waals surface area contributed by atoms with Crippen molar-refractivity contribution in [1.82, 2.24) is 9.97 Å². The van der Waals surface area contributed by atoms with Gasteiger partial charge >= 0.3 is 0 Å². The fraction of sp³-hybridized carbons (Fsp3) is 0.267. The molecule has 0 aliphatic heterocycles. The number of nitrogens with zero attached hydrogens (tertiary/aromatic N) is 2. The highest BCUT2D eigenvalue weighted by atomic mass is 16.5. The van der Waals surface area contributed by atoms with Gasteiger partial charge in [0.05, 0.1) is 14.2 Å². The third-order valence-electron chi connectivity index (χ3n) is 2.86. The Morgan fingerprint density at radius 1 is 1.05 bits per heavy atom. The summed E-state index contributed by atoms with van der Waals surface area (Å²) in [6.45, 7) is 3.68. The fourth-order valence-electron chi connectivity index (χ4n) is 2.02. The van der Waals surface area contributed by atoms with Crippen LogP contribution in [0.25, 0.3) is 0 Å². The molecule has 2 rings (SSSR count). The molecule has 0 unspecified atom stereocenters. The summed E-state index contributed by atoms with van der Waals surface area (Å²) >= 11 is 0. The molecule has 0 saturated heterocycles. The lowest BCUT2D eigenvalue weighted by Gasteiger charge is -2.12. The van der Waals surface area contributed by atoms with Crippen LogP contribution < -0.4 is 14.8 Å². The SMILES string of the molecule is COc1cccc(OC)c1C(=O)Nc1nc(C)cc(C)n1. The second-order valence-electron chi connectivity index (χ2n) is 4.47. The quantitative estimate of drug-likeness (QED) is 0.934. The van der Waals surface area contributed by atoms with Crippen LogP contribution in [0.2, 0.25) is 0 Å². The molecule has 0 aliphatic carbocycles. The van der Waals surface area contributed by atoms with Crippen LogP contribution in [0.1, 0.15) is 21.7 Å². The lowest BCUT2D eigenvalue weighted by molar-refractivity contribution is 0.102. The number of carbonyl (C=O) groups excluding carboxylic acids is 1. The number of anilines is 1. The molecule has 0 spiro atoms. The molecular formula is C15H17N3O3. The van der Waals surface area contributed by atoms with Gasteiger partial charge in [-0.25, -0.2) is 9.97 Å². The molecule has 1 heterocycles. The number of carbonyl (C=O) groups is 1. The summed E-state index contributed by atoms with van der Waals surface area (Å²) < 4.78 is 10.4. The summed E-state index contributed by atoms with van der Waals surface area (Å²) in [5.74, 6) is 0.729. The maximum absolute atomic E-state index is 12.4. The molecule has 0 bridgehead atoms. The molecule has 1 amide bonds. The number of rotatable bonds is 4. The Hall–Kier alpha value is -2.63. The average molecular weight is 287 g/mol. The van der Waals surface area contributed by atoms with E-state index in [4.69, 9.17) is 9.47 Å². The number of aromatic nitrogens is 2. The zero-order valence-electron chi connectivity index (χ0n) is 12.4. The van der Waals surface area contributed by atoms with Gasteiger partial charge in [-0.2, -0.15) is 0 Å². The first-order chi connectivity index (χ1) is 10.0. The molecule has 0 aliphatic rings. The molecular weight excluding hydrogens is 270 g/mol. The largest absolute Gasteiger partial charge is 0.496 e. The average Bonchev–Trinajstić information content (AvgIpc) is 2.45. The molecule has 110 valence electrons. The van der Waals surface area contributed by atoms with Gasteiger partial charge in [-0.15, -0.1) is 0 Å². The second-order valence-corrected chi connectivity index (χ2v) is 4.47. The van der Waals surface area contributed by atoms with Crippen molar-refractivity contribution in [2.45, 2.75) is 13.8 Å².